The quantitative estimate of drug-likeness (QED) is 0.484. The summed E-state index contributed by atoms with van der Waals surface area (Å²) in [7, 11) is 0. The highest BCUT2D eigenvalue weighted by molar-refractivity contribution is 7.99. The van der Waals surface area contributed by atoms with Crippen LogP contribution in [0, 0.1) is 0 Å². The normalized spacial score (nSPS) is 23.3. The van der Waals surface area contributed by atoms with Crippen LogP contribution in [0.3, 0.4) is 0 Å². The highest BCUT2D eigenvalue weighted by Crippen LogP contribution is 2.35. The SMILES string of the molecule is CC(=O)O[C@@H]1[C@@H](OC(C)=O)[C@@H](Oc2cncc(-c3cccs3)c2)SC[C@H]1OC(C)=O. The van der Waals surface area contributed by atoms with Crippen LogP contribution in [-0.4, -0.2) is 52.4 Å². The van der Waals surface area contributed by atoms with Crippen LogP contribution in [0.1, 0.15) is 20.8 Å². The topological polar surface area (TPSA) is 101 Å². The number of pyridine rings is 1. The molecule has 0 bridgehead atoms. The molecule has 0 N–H and O–H groups in total. The Hall–Kier alpha value is -2.59. The molecular weight excluding hydrogens is 430 g/mol. The van der Waals surface area contributed by atoms with E-state index in [-0.39, 0.29) is 0 Å². The van der Waals surface area contributed by atoms with E-state index < -0.39 is 41.7 Å². The zero-order valence-corrected chi connectivity index (χ0v) is 18.2. The van der Waals surface area contributed by atoms with E-state index in [9.17, 15) is 14.4 Å². The van der Waals surface area contributed by atoms with Gasteiger partial charge in [0.15, 0.2) is 23.7 Å². The summed E-state index contributed by atoms with van der Waals surface area (Å²) in [6.45, 7) is 3.75. The molecule has 0 amide bonds. The predicted octanol–water partition coefficient (Wildman–Crippen LogP) is 3.06. The van der Waals surface area contributed by atoms with Crippen LogP contribution in [-0.2, 0) is 28.6 Å². The fourth-order valence-corrected chi connectivity index (χ4v) is 4.93. The lowest BCUT2D eigenvalue weighted by Gasteiger charge is -2.39. The Balaban J connectivity index is 1.85. The van der Waals surface area contributed by atoms with E-state index in [1.165, 1.54) is 32.5 Å². The van der Waals surface area contributed by atoms with E-state index in [1.54, 1.807) is 23.7 Å². The molecule has 0 unspecified atom stereocenters. The summed E-state index contributed by atoms with van der Waals surface area (Å²) < 4.78 is 22.2. The predicted molar refractivity (Wildman–Crippen MR) is 111 cm³/mol. The molecule has 1 aliphatic rings. The molecule has 160 valence electrons. The smallest absolute Gasteiger partial charge is 0.303 e. The summed E-state index contributed by atoms with van der Waals surface area (Å²) in [5, 5.41) is 1.97. The molecule has 10 heteroatoms. The maximum atomic E-state index is 11.7. The molecule has 2 aromatic heterocycles. The molecule has 4 atom stereocenters. The minimum absolute atomic E-state index is 0.304. The van der Waals surface area contributed by atoms with E-state index in [4.69, 9.17) is 18.9 Å². The van der Waals surface area contributed by atoms with Crippen LogP contribution in [0.15, 0.2) is 36.0 Å². The Bertz CT molecular complexity index is 902. The van der Waals surface area contributed by atoms with Gasteiger partial charge in [0.25, 0.3) is 0 Å². The van der Waals surface area contributed by atoms with Crippen molar-refractivity contribution in [2.24, 2.45) is 0 Å². The first kappa shape index (κ1) is 22.1. The van der Waals surface area contributed by atoms with E-state index >= 15 is 0 Å². The van der Waals surface area contributed by atoms with Gasteiger partial charge in [-0.05, 0) is 17.5 Å². The van der Waals surface area contributed by atoms with Crippen molar-refractivity contribution in [1.82, 2.24) is 4.98 Å². The Kier molecular flexibility index (Phi) is 7.33. The fraction of sp³-hybridized carbons (Fsp3) is 0.400. The van der Waals surface area contributed by atoms with Crippen molar-refractivity contribution in [1.29, 1.82) is 0 Å². The number of rotatable bonds is 6. The van der Waals surface area contributed by atoms with Crippen LogP contribution in [0.4, 0.5) is 0 Å². The van der Waals surface area contributed by atoms with Crippen LogP contribution in [0.5, 0.6) is 5.75 Å². The number of carbonyl (C=O) groups excluding carboxylic acids is 3. The second-order valence-corrected chi connectivity index (χ2v) is 8.58. The molecule has 3 heterocycles. The molecule has 1 saturated heterocycles. The molecule has 2 aromatic rings. The molecule has 0 aliphatic carbocycles. The number of hydrogen-bond donors (Lipinski definition) is 0. The van der Waals surface area contributed by atoms with Gasteiger partial charge in [0.2, 0.25) is 0 Å². The summed E-state index contributed by atoms with van der Waals surface area (Å²) >= 11 is 2.88. The Morgan fingerprint density at radius 2 is 1.70 bits per heavy atom. The fourth-order valence-electron chi connectivity index (χ4n) is 3.00. The summed E-state index contributed by atoms with van der Waals surface area (Å²) in [5.74, 6) is -0.894. The number of thiophene rings is 1. The number of esters is 3. The molecule has 1 fully saturated rings. The molecule has 30 heavy (non-hydrogen) atoms. The minimum atomic E-state index is -0.991. The molecule has 0 radical (unpaired) electrons. The molecular formula is C20H21NO7S2. The van der Waals surface area contributed by atoms with E-state index in [2.05, 4.69) is 4.98 Å². The molecule has 3 rings (SSSR count). The van der Waals surface area contributed by atoms with E-state index in [0.717, 1.165) is 10.4 Å². The Morgan fingerprint density at radius 1 is 1.00 bits per heavy atom. The van der Waals surface area contributed by atoms with Gasteiger partial charge in [-0.25, -0.2) is 0 Å². The van der Waals surface area contributed by atoms with Gasteiger partial charge < -0.3 is 18.9 Å². The Morgan fingerprint density at radius 3 is 2.33 bits per heavy atom. The second kappa shape index (κ2) is 9.94. The summed E-state index contributed by atoms with van der Waals surface area (Å²) in [4.78, 5) is 40.1. The minimum Gasteiger partial charge on any atom is -0.474 e. The average molecular weight is 452 g/mol. The highest BCUT2D eigenvalue weighted by Gasteiger charge is 2.47. The van der Waals surface area contributed by atoms with Gasteiger partial charge >= 0.3 is 17.9 Å². The van der Waals surface area contributed by atoms with Crippen molar-refractivity contribution in [2.45, 2.75) is 44.5 Å². The first-order valence-corrected chi connectivity index (χ1v) is 11.0. The van der Waals surface area contributed by atoms with E-state index in [0.29, 0.717) is 11.5 Å². The molecule has 0 spiro atoms. The summed E-state index contributed by atoms with van der Waals surface area (Å²) in [5.41, 5.74) is 0.201. The lowest BCUT2D eigenvalue weighted by atomic mass is 10.1. The van der Waals surface area contributed by atoms with Crippen molar-refractivity contribution >= 4 is 41.0 Å². The number of nitrogens with zero attached hydrogens (tertiary/aromatic N) is 1. The third-order valence-electron chi connectivity index (χ3n) is 4.08. The summed E-state index contributed by atoms with van der Waals surface area (Å²) in [6.07, 6.45) is 0.557. The van der Waals surface area contributed by atoms with Gasteiger partial charge in [0.1, 0.15) is 5.75 Å². The van der Waals surface area contributed by atoms with Crippen LogP contribution < -0.4 is 4.74 Å². The zero-order valence-electron chi connectivity index (χ0n) is 16.6. The maximum Gasteiger partial charge on any atom is 0.303 e. The number of ether oxygens (including phenoxy) is 4. The zero-order chi connectivity index (χ0) is 21.7. The molecule has 8 nitrogen and oxygen atoms in total. The van der Waals surface area contributed by atoms with E-state index in [1.807, 2.05) is 23.6 Å². The van der Waals surface area contributed by atoms with Crippen molar-refractivity contribution in [2.75, 3.05) is 5.75 Å². The van der Waals surface area contributed by atoms with Crippen LogP contribution in [0.2, 0.25) is 0 Å². The van der Waals surface area contributed by atoms with Gasteiger partial charge in [-0.15, -0.1) is 23.1 Å². The van der Waals surface area contributed by atoms with Gasteiger partial charge in [0.05, 0.1) is 6.20 Å². The third-order valence-corrected chi connectivity index (χ3v) is 6.21. The first-order chi connectivity index (χ1) is 14.3. The van der Waals surface area contributed by atoms with Gasteiger partial charge in [-0.1, -0.05) is 6.07 Å². The second-order valence-electron chi connectivity index (χ2n) is 6.50. The number of aromatic nitrogens is 1. The largest absolute Gasteiger partial charge is 0.474 e. The van der Waals surface area contributed by atoms with Crippen LogP contribution >= 0.6 is 23.1 Å². The van der Waals surface area contributed by atoms with Crippen molar-refractivity contribution < 1.29 is 33.3 Å². The van der Waals surface area contributed by atoms with Crippen molar-refractivity contribution in [3.05, 3.63) is 36.0 Å². The first-order valence-electron chi connectivity index (χ1n) is 9.12. The van der Waals surface area contributed by atoms with Crippen molar-refractivity contribution in [3.8, 4) is 16.2 Å². The van der Waals surface area contributed by atoms with Gasteiger partial charge in [-0.3, -0.25) is 19.4 Å². The molecule has 0 aromatic carbocycles. The van der Waals surface area contributed by atoms with Gasteiger partial charge in [-0.2, -0.15) is 0 Å². The highest BCUT2D eigenvalue weighted by atomic mass is 32.2. The maximum absolute atomic E-state index is 11.7. The lowest BCUT2D eigenvalue weighted by molar-refractivity contribution is -0.186. The summed E-state index contributed by atoms with van der Waals surface area (Å²) in [6, 6.07) is 5.76. The monoisotopic (exact) mass is 451 g/mol. The Labute approximate surface area is 181 Å². The van der Waals surface area contributed by atoms with Crippen molar-refractivity contribution in [3.63, 3.8) is 0 Å². The molecule has 0 saturated carbocycles. The van der Waals surface area contributed by atoms with Gasteiger partial charge in [0, 0.05) is 43.2 Å². The standard InChI is InChI=1S/C20H21NO7S2/c1-11(22)25-16-10-30-20(19(27-13(3)24)18(16)26-12(2)23)28-15-7-14(8-21-9-15)17-5-4-6-29-17/h4-9,16,18-20H,10H2,1-3H3/t16-,18+,19-,20+/m1/s1. The number of carbonyl (C=O) groups is 3. The van der Waals surface area contributed by atoms with Crippen LogP contribution in [0.25, 0.3) is 10.4 Å². The average Bonchev–Trinajstić information content (AvgIpc) is 3.20. The number of thioether (sulfide) groups is 1. The third kappa shape index (κ3) is 5.73. The number of hydrogen-bond acceptors (Lipinski definition) is 10. The molecule has 1 aliphatic heterocycles. The lowest BCUT2D eigenvalue weighted by Crippen LogP contribution is -2.55.